The van der Waals surface area contributed by atoms with Crippen molar-refractivity contribution in [3.63, 3.8) is 0 Å². The lowest BCUT2D eigenvalue weighted by molar-refractivity contribution is 0.524. The number of rotatable bonds is 2. The molecule has 0 saturated carbocycles. The molecule has 0 bridgehead atoms. The van der Waals surface area contributed by atoms with Gasteiger partial charge < -0.3 is 4.89 Å². The van der Waals surface area contributed by atoms with Crippen LogP contribution in [-0.2, 0) is 11.0 Å². The van der Waals surface area contributed by atoms with Crippen molar-refractivity contribution in [1.82, 2.24) is 0 Å². The molecule has 0 spiro atoms. The third-order valence-electron chi connectivity index (χ3n) is 1.23. The first kappa shape index (κ1) is 11.8. The topological polar surface area (TPSA) is 37.3 Å². The number of alkyl halides is 1. The second-order valence-corrected chi connectivity index (χ2v) is 2.96. The fourth-order valence-corrected chi connectivity index (χ4v) is 1.21. The summed E-state index contributed by atoms with van der Waals surface area (Å²) in [6.45, 7) is 0. The second-order valence-electron chi connectivity index (χ2n) is 2.01. The summed E-state index contributed by atoms with van der Waals surface area (Å²) in [5, 5.41) is 1.05. The Kier molecular flexibility index (Phi) is 8.68. The maximum Gasteiger partial charge on any atom is 0.324 e. The lowest BCUT2D eigenvalue weighted by atomic mass is 10.2. The summed E-state index contributed by atoms with van der Waals surface area (Å²) in [6.07, 6.45) is 1.13. The summed E-state index contributed by atoms with van der Waals surface area (Å²) >= 11 is 3.39. The molecule has 0 aliphatic heterocycles. The molecule has 0 radical (unpaired) electrons. The van der Waals surface area contributed by atoms with Crippen molar-refractivity contribution in [3.05, 3.63) is 35.9 Å². The normalized spacial score (nSPS) is 8.83. The Morgan fingerprint density at radius 3 is 2.25 bits per heavy atom. The van der Waals surface area contributed by atoms with Crippen LogP contribution in [0.2, 0.25) is 0 Å². The van der Waals surface area contributed by atoms with Crippen LogP contribution in [0.5, 0.6) is 0 Å². The number of halogens is 1. The van der Waals surface area contributed by atoms with Crippen LogP contribution in [0.1, 0.15) is 5.56 Å². The van der Waals surface area contributed by atoms with Crippen LogP contribution >= 0.6 is 24.6 Å². The van der Waals surface area contributed by atoms with E-state index in [4.69, 9.17) is 9.46 Å². The smallest absolute Gasteiger partial charge is 0.310 e. The van der Waals surface area contributed by atoms with Crippen molar-refractivity contribution in [1.29, 1.82) is 0 Å². The Bertz CT molecular complexity index is 203. The van der Waals surface area contributed by atoms with E-state index in [1.54, 1.807) is 0 Å². The lowest BCUT2D eigenvalue weighted by Gasteiger charge is -1.92. The molecule has 0 unspecified atom stereocenters. The van der Waals surface area contributed by atoms with E-state index in [0.29, 0.717) is 0 Å². The number of aryl methyl sites for hydroxylation is 1. The highest BCUT2D eigenvalue weighted by atomic mass is 79.9. The Morgan fingerprint density at radius 2 is 1.83 bits per heavy atom. The predicted octanol–water partition coefficient (Wildman–Crippen LogP) is 2.81. The Hall–Kier alpha value is -0.240. The Labute approximate surface area is 82.0 Å². The van der Waals surface area contributed by atoms with Gasteiger partial charge in [-0.2, -0.15) is 0 Å². The molecule has 66 valence electrons. The van der Waals surface area contributed by atoms with Crippen LogP contribution in [0.25, 0.3) is 0 Å². The Balaban J connectivity index is 0.000000354. The highest BCUT2D eigenvalue weighted by molar-refractivity contribution is 9.09. The third kappa shape index (κ3) is 6.47. The summed E-state index contributed by atoms with van der Waals surface area (Å²) in [6, 6.07) is 10.5. The molecular formula is C8H10BrO2P. The molecule has 1 N–H and O–H groups in total. The molecule has 0 amide bonds. The van der Waals surface area contributed by atoms with E-state index in [-0.39, 0.29) is 0 Å². The third-order valence-corrected chi connectivity index (χ3v) is 1.62. The van der Waals surface area contributed by atoms with E-state index in [0.717, 1.165) is 11.8 Å². The van der Waals surface area contributed by atoms with Gasteiger partial charge in [0.25, 0.3) is 0 Å². The quantitative estimate of drug-likeness (QED) is 0.646. The van der Waals surface area contributed by atoms with Crippen LogP contribution in [-0.4, -0.2) is 10.2 Å². The number of hydrogen-bond acceptors (Lipinski definition) is 1. The van der Waals surface area contributed by atoms with Crippen LogP contribution in [0.15, 0.2) is 30.3 Å². The van der Waals surface area contributed by atoms with Crippen LogP contribution in [0.3, 0.4) is 0 Å². The van der Waals surface area contributed by atoms with Crippen molar-refractivity contribution in [2.75, 3.05) is 5.33 Å². The first-order valence-corrected chi connectivity index (χ1v) is 5.30. The largest absolute Gasteiger partial charge is 0.324 e. The average molecular weight is 249 g/mol. The van der Waals surface area contributed by atoms with Gasteiger partial charge in [0.15, 0.2) is 0 Å². The molecule has 0 fully saturated rings. The standard InChI is InChI=1S/C8H9Br.HO2P/c9-7-6-8-4-2-1-3-5-8;1-3-2/h1-5H,6-7H2;(H,1,2). The Morgan fingerprint density at radius 1 is 1.33 bits per heavy atom. The van der Waals surface area contributed by atoms with Gasteiger partial charge in [-0.25, -0.2) is 4.57 Å². The zero-order valence-electron chi connectivity index (χ0n) is 6.48. The molecule has 2 nitrogen and oxygen atoms in total. The lowest BCUT2D eigenvalue weighted by Crippen LogP contribution is -1.82. The van der Waals surface area contributed by atoms with Crippen LogP contribution < -0.4 is 0 Å². The van der Waals surface area contributed by atoms with Gasteiger partial charge in [-0.05, 0) is 12.0 Å². The summed E-state index contributed by atoms with van der Waals surface area (Å²) in [4.78, 5) is 6.99. The van der Waals surface area contributed by atoms with Gasteiger partial charge in [-0.3, -0.25) is 0 Å². The van der Waals surface area contributed by atoms with Gasteiger partial charge in [0.1, 0.15) is 0 Å². The van der Waals surface area contributed by atoms with Gasteiger partial charge in [0.05, 0.1) is 0 Å². The number of hydrogen-bond donors (Lipinski definition) is 1. The van der Waals surface area contributed by atoms with Crippen LogP contribution in [0, 0.1) is 0 Å². The molecule has 1 aromatic carbocycles. The van der Waals surface area contributed by atoms with Gasteiger partial charge in [-0.15, -0.1) is 0 Å². The molecule has 4 heteroatoms. The summed E-state index contributed by atoms with van der Waals surface area (Å²) < 4.78 is 8.46. The molecule has 0 atom stereocenters. The summed E-state index contributed by atoms with van der Waals surface area (Å²) in [5.41, 5.74) is 1.40. The first-order valence-electron chi connectivity index (χ1n) is 3.41. The molecule has 0 aliphatic carbocycles. The molecular weight excluding hydrogens is 239 g/mol. The zero-order chi connectivity index (χ0) is 9.23. The molecule has 0 aromatic heterocycles. The minimum absolute atomic E-state index is 0.833. The minimum atomic E-state index is -0.833. The van der Waals surface area contributed by atoms with Gasteiger partial charge in [0, 0.05) is 5.33 Å². The fraction of sp³-hybridized carbons (Fsp3) is 0.250. The van der Waals surface area contributed by atoms with E-state index in [2.05, 4.69) is 40.2 Å². The van der Waals surface area contributed by atoms with Crippen molar-refractivity contribution in [3.8, 4) is 0 Å². The van der Waals surface area contributed by atoms with Crippen molar-refractivity contribution < 1.29 is 9.46 Å². The second kappa shape index (κ2) is 8.85. The maximum absolute atomic E-state index is 8.46. The molecule has 0 aliphatic rings. The first-order chi connectivity index (χ1) is 5.85. The summed E-state index contributed by atoms with van der Waals surface area (Å²) in [5.74, 6) is 0. The zero-order valence-corrected chi connectivity index (χ0v) is 8.96. The SMILES string of the molecule is BrCCc1ccccc1.O=PO. The van der Waals surface area contributed by atoms with Crippen molar-refractivity contribution in [2.45, 2.75) is 6.42 Å². The predicted molar refractivity (Wildman–Crippen MR) is 53.8 cm³/mol. The van der Waals surface area contributed by atoms with Crippen molar-refractivity contribution >= 4 is 24.6 Å². The van der Waals surface area contributed by atoms with E-state index in [1.165, 1.54) is 5.56 Å². The molecule has 0 saturated heterocycles. The fourth-order valence-electron chi connectivity index (χ4n) is 0.754. The molecule has 1 rings (SSSR count). The van der Waals surface area contributed by atoms with Gasteiger partial charge >= 0.3 is 8.69 Å². The molecule has 1 aromatic rings. The maximum atomic E-state index is 8.46. The van der Waals surface area contributed by atoms with E-state index in [1.807, 2.05) is 6.07 Å². The van der Waals surface area contributed by atoms with E-state index >= 15 is 0 Å². The highest BCUT2D eigenvalue weighted by Gasteiger charge is 1.85. The monoisotopic (exact) mass is 248 g/mol. The number of benzene rings is 1. The minimum Gasteiger partial charge on any atom is -0.310 e. The van der Waals surface area contributed by atoms with Gasteiger partial charge in [-0.1, -0.05) is 46.3 Å². The van der Waals surface area contributed by atoms with Crippen molar-refractivity contribution in [2.24, 2.45) is 0 Å². The highest BCUT2D eigenvalue weighted by Crippen LogP contribution is 2.00. The molecule has 12 heavy (non-hydrogen) atoms. The summed E-state index contributed by atoms with van der Waals surface area (Å²) in [7, 11) is -0.833. The van der Waals surface area contributed by atoms with E-state index in [9.17, 15) is 0 Å². The van der Waals surface area contributed by atoms with Crippen LogP contribution in [0.4, 0.5) is 0 Å². The van der Waals surface area contributed by atoms with E-state index < -0.39 is 8.69 Å². The van der Waals surface area contributed by atoms with Gasteiger partial charge in [0.2, 0.25) is 0 Å². The average Bonchev–Trinajstić information content (AvgIpc) is 2.08. The molecule has 0 heterocycles.